The third kappa shape index (κ3) is 21.1. The summed E-state index contributed by atoms with van der Waals surface area (Å²) in [6, 6.07) is 4.71. The highest BCUT2D eigenvalue weighted by Crippen LogP contribution is 2.24. The predicted octanol–water partition coefficient (Wildman–Crippen LogP) is 0.864. The zero-order valence-corrected chi connectivity index (χ0v) is 15.6. The number of carboxylic acid groups (broad SMARTS) is 2. The number of carbonyl (C=O) groups is 2. The lowest BCUT2D eigenvalue weighted by atomic mass is 10.1. The molecule has 0 saturated heterocycles. The minimum Gasteiger partial charge on any atom is -0.504 e. The minimum absolute atomic E-state index is 0.0871. The van der Waals surface area contributed by atoms with Crippen LogP contribution < -0.4 is 5.73 Å². The molecule has 0 saturated carbocycles. The molecule has 1 rings (SSSR count). The van der Waals surface area contributed by atoms with E-state index in [2.05, 4.69) is 13.2 Å². The third-order valence-electron chi connectivity index (χ3n) is 2.30. The molecule has 1 aromatic carbocycles. The van der Waals surface area contributed by atoms with Gasteiger partial charge in [0.15, 0.2) is 11.5 Å². The average Bonchev–Trinajstić information content (AvgIpc) is 2.59. The summed E-state index contributed by atoms with van der Waals surface area (Å²) in [6.07, 6.45) is 0.716. The SMILES string of the molecule is C=C(C)C(=O)O.C=C(C)C(=O)O.NCCc1ccc(O)c(O)c1.OCCO. The van der Waals surface area contributed by atoms with Gasteiger partial charge in [0.25, 0.3) is 0 Å². The summed E-state index contributed by atoms with van der Waals surface area (Å²) >= 11 is 0. The first-order chi connectivity index (χ1) is 12.4. The van der Waals surface area contributed by atoms with Gasteiger partial charge in [-0.15, -0.1) is 0 Å². The Hall–Kier alpha value is -2.88. The summed E-state index contributed by atoms with van der Waals surface area (Å²) in [5.74, 6) is -2.05. The Morgan fingerprint density at radius 3 is 1.52 bits per heavy atom. The second-order valence-corrected chi connectivity index (χ2v) is 4.98. The highest BCUT2D eigenvalue weighted by Gasteiger charge is 1.98. The van der Waals surface area contributed by atoms with Crippen molar-refractivity contribution in [1.82, 2.24) is 0 Å². The van der Waals surface area contributed by atoms with E-state index in [-0.39, 0.29) is 35.9 Å². The number of phenolic OH excluding ortho intramolecular Hbond substituents is 2. The van der Waals surface area contributed by atoms with Crippen molar-refractivity contribution in [2.75, 3.05) is 19.8 Å². The Kier molecular flexibility index (Phi) is 19.2. The molecule has 0 radical (unpaired) electrons. The van der Waals surface area contributed by atoms with Crippen molar-refractivity contribution >= 4 is 11.9 Å². The number of carboxylic acids is 2. The van der Waals surface area contributed by atoms with Crippen LogP contribution in [0, 0.1) is 0 Å². The Morgan fingerprint density at radius 2 is 1.30 bits per heavy atom. The van der Waals surface area contributed by atoms with E-state index in [1.165, 1.54) is 26.0 Å². The summed E-state index contributed by atoms with van der Waals surface area (Å²) < 4.78 is 0. The first-order valence-corrected chi connectivity index (χ1v) is 7.64. The number of aliphatic hydroxyl groups is 2. The van der Waals surface area contributed by atoms with Crippen molar-refractivity contribution in [2.24, 2.45) is 5.73 Å². The molecule has 0 atom stereocenters. The fourth-order valence-electron chi connectivity index (χ4n) is 0.891. The lowest BCUT2D eigenvalue weighted by Gasteiger charge is -2.00. The smallest absolute Gasteiger partial charge is 0.330 e. The first-order valence-electron chi connectivity index (χ1n) is 7.64. The highest BCUT2D eigenvalue weighted by molar-refractivity contribution is 5.85. The van der Waals surface area contributed by atoms with E-state index in [9.17, 15) is 9.59 Å². The number of hydrogen-bond donors (Lipinski definition) is 7. The molecule has 154 valence electrons. The van der Waals surface area contributed by atoms with Crippen molar-refractivity contribution < 1.29 is 40.2 Å². The van der Waals surface area contributed by atoms with Crippen LogP contribution in [0.15, 0.2) is 42.5 Å². The van der Waals surface area contributed by atoms with E-state index in [4.69, 9.17) is 36.4 Å². The number of aliphatic hydroxyl groups excluding tert-OH is 2. The highest BCUT2D eigenvalue weighted by atomic mass is 16.4. The standard InChI is InChI=1S/C8H11NO2.2C4H6O2.C2H6O2/c9-4-3-6-1-2-7(10)8(11)5-6;2*1-3(2)4(5)6;3-1-2-4/h1-2,5,10-11H,3-4,9H2;2*1H2,2H3,(H,5,6);3-4H,1-2H2. The molecule has 27 heavy (non-hydrogen) atoms. The van der Waals surface area contributed by atoms with E-state index < -0.39 is 11.9 Å². The van der Waals surface area contributed by atoms with Crippen LogP contribution in [0.3, 0.4) is 0 Å². The summed E-state index contributed by atoms with van der Waals surface area (Å²) in [6.45, 7) is 9.50. The lowest BCUT2D eigenvalue weighted by Crippen LogP contribution is -2.02. The molecule has 0 aromatic heterocycles. The molecular weight excluding hydrogens is 358 g/mol. The fraction of sp³-hybridized carbons (Fsp3) is 0.333. The molecule has 0 fully saturated rings. The number of aliphatic carboxylic acids is 2. The largest absolute Gasteiger partial charge is 0.504 e. The number of benzene rings is 1. The quantitative estimate of drug-likeness (QED) is 0.285. The number of aromatic hydroxyl groups is 2. The molecular formula is C18H29NO8. The van der Waals surface area contributed by atoms with Gasteiger partial charge in [0.05, 0.1) is 13.2 Å². The van der Waals surface area contributed by atoms with Gasteiger partial charge in [-0.25, -0.2) is 9.59 Å². The zero-order valence-electron chi connectivity index (χ0n) is 15.6. The lowest BCUT2D eigenvalue weighted by molar-refractivity contribution is -0.133. The molecule has 0 aliphatic rings. The molecule has 0 bridgehead atoms. The van der Waals surface area contributed by atoms with E-state index in [1.807, 2.05) is 0 Å². The summed E-state index contributed by atoms with van der Waals surface area (Å²) in [7, 11) is 0. The Labute approximate surface area is 158 Å². The minimum atomic E-state index is -0.935. The first kappa shape index (κ1) is 28.9. The van der Waals surface area contributed by atoms with Gasteiger partial charge < -0.3 is 36.4 Å². The van der Waals surface area contributed by atoms with Gasteiger partial charge in [-0.2, -0.15) is 0 Å². The zero-order chi connectivity index (χ0) is 22.0. The van der Waals surface area contributed by atoms with Crippen LogP contribution in [-0.4, -0.2) is 62.3 Å². The van der Waals surface area contributed by atoms with Crippen LogP contribution in [-0.2, 0) is 16.0 Å². The molecule has 0 amide bonds. The van der Waals surface area contributed by atoms with Crippen molar-refractivity contribution in [2.45, 2.75) is 20.3 Å². The number of phenols is 2. The van der Waals surface area contributed by atoms with Crippen molar-refractivity contribution in [3.05, 3.63) is 48.1 Å². The van der Waals surface area contributed by atoms with Crippen molar-refractivity contribution in [3.8, 4) is 11.5 Å². The molecule has 0 unspecified atom stereocenters. The predicted molar refractivity (Wildman–Crippen MR) is 102 cm³/mol. The molecule has 0 heterocycles. The monoisotopic (exact) mass is 387 g/mol. The third-order valence-corrected chi connectivity index (χ3v) is 2.30. The second-order valence-electron chi connectivity index (χ2n) is 4.98. The van der Waals surface area contributed by atoms with Gasteiger partial charge in [0, 0.05) is 11.1 Å². The number of hydrogen-bond acceptors (Lipinski definition) is 7. The van der Waals surface area contributed by atoms with Crippen molar-refractivity contribution in [1.29, 1.82) is 0 Å². The van der Waals surface area contributed by atoms with Crippen LogP contribution in [0.25, 0.3) is 0 Å². The van der Waals surface area contributed by atoms with Crippen LogP contribution in [0.4, 0.5) is 0 Å². The molecule has 0 spiro atoms. The molecule has 8 N–H and O–H groups in total. The topological polar surface area (TPSA) is 182 Å². The van der Waals surface area contributed by atoms with E-state index in [0.717, 1.165) is 5.56 Å². The average molecular weight is 387 g/mol. The summed E-state index contributed by atoms with van der Waals surface area (Å²) in [4.78, 5) is 19.2. The van der Waals surface area contributed by atoms with Gasteiger partial charge in [-0.1, -0.05) is 19.2 Å². The Balaban J connectivity index is -0.000000311. The Morgan fingerprint density at radius 1 is 0.926 bits per heavy atom. The molecule has 9 heteroatoms. The van der Waals surface area contributed by atoms with E-state index in [0.29, 0.717) is 13.0 Å². The number of nitrogens with two attached hydrogens (primary N) is 1. The summed E-state index contributed by atoms with van der Waals surface area (Å²) in [5.41, 5.74) is 6.59. The van der Waals surface area contributed by atoms with Crippen LogP contribution >= 0.6 is 0 Å². The van der Waals surface area contributed by atoms with Crippen LogP contribution in [0.1, 0.15) is 19.4 Å². The van der Waals surface area contributed by atoms with Gasteiger partial charge in [-0.05, 0) is 44.5 Å². The summed E-state index contributed by atoms with van der Waals surface area (Å²) in [5, 5.41) is 49.0. The van der Waals surface area contributed by atoms with Gasteiger partial charge in [0.2, 0.25) is 0 Å². The maximum absolute atomic E-state index is 9.60. The van der Waals surface area contributed by atoms with Gasteiger partial charge in [-0.3, -0.25) is 0 Å². The Bertz CT molecular complexity index is 549. The second kappa shape index (κ2) is 17.9. The normalized spacial score (nSPS) is 8.48. The number of rotatable bonds is 5. The van der Waals surface area contributed by atoms with Crippen molar-refractivity contribution in [3.63, 3.8) is 0 Å². The molecule has 9 nitrogen and oxygen atoms in total. The fourth-order valence-corrected chi connectivity index (χ4v) is 0.891. The van der Waals surface area contributed by atoms with Gasteiger partial charge >= 0.3 is 11.9 Å². The molecule has 0 aliphatic carbocycles. The van der Waals surface area contributed by atoms with E-state index >= 15 is 0 Å². The maximum Gasteiger partial charge on any atom is 0.330 e. The van der Waals surface area contributed by atoms with Crippen LogP contribution in [0.2, 0.25) is 0 Å². The van der Waals surface area contributed by atoms with E-state index in [1.54, 1.807) is 6.07 Å². The molecule has 0 aliphatic heterocycles. The molecule has 1 aromatic rings. The van der Waals surface area contributed by atoms with Gasteiger partial charge in [0.1, 0.15) is 0 Å². The van der Waals surface area contributed by atoms with Crippen LogP contribution in [0.5, 0.6) is 11.5 Å². The maximum atomic E-state index is 9.60.